The summed E-state index contributed by atoms with van der Waals surface area (Å²) in [6, 6.07) is 0. The fourth-order valence-corrected chi connectivity index (χ4v) is 1.68. The summed E-state index contributed by atoms with van der Waals surface area (Å²) in [5, 5.41) is 8.62. The molecule has 2 heteroatoms. The molecule has 72 valence electrons. The minimum Gasteiger partial charge on any atom is -0.481 e. The predicted octanol–water partition coefficient (Wildman–Crippen LogP) is 2.62. The highest BCUT2D eigenvalue weighted by atomic mass is 16.4. The smallest absolute Gasteiger partial charge is 0.307 e. The van der Waals surface area contributed by atoms with Crippen LogP contribution in [0.5, 0.6) is 0 Å². The molecule has 0 aromatic heterocycles. The van der Waals surface area contributed by atoms with Crippen molar-refractivity contribution in [1.29, 1.82) is 0 Å². The number of hydrogen-bond donors (Lipinski definition) is 1. The van der Waals surface area contributed by atoms with Gasteiger partial charge in [-0.25, -0.2) is 0 Å². The number of carboxylic acid groups (broad SMARTS) is 1. The number of hydrogen-bond acceptors (Lipinski definition) is 1. The molecule has 0 bridgehead atoms. The van der Waals surface area contributed by atoms with E-state index in [2.05, 4.69) is 26.0 Å². The van der Waals surface area contributed by atoms with Crippen LogP contribution in [0.4, 0.5) is 0 Å². The Hall–Kier alpha value is -1.05. The summed E-state index contributed by atoms with van der Waals surface area (Å²) in [5.74, 6) is 0.308. The Morgan fingerprint density at radius 1 is 1.62 bits per heavy atom. The standard InChI is InChI=1S/C11H16O2/c1-3-10-6-9(7-11(12)13)5-4-8(10)2/h4-6,8,10H,3,7H2,1-2H3,(H,12,13). The molecule has 1 rings (SSSR count). The predicted molar refractivity (Wildman–Crippen MR) is 52.4 cm³/mol. The molecule has 0 radical (unpaired) electrons. The summed E-state index contributed by atoms with van der Waals surface area (Å²) in [7, 11) is 0. The molecule has 2 unspecified atom stereocenters. The minimum absolute atomic E-state index is 0.152. The second-order valence-corrected chi connectivity index (χ2v) is 3.60. The lowest BCUT2D eigenvalue weighted by Crippen LogP contribution is -2.11. The Labute approximate surface area is 79.0 Å². The number of allylic oxidation sites excluding steroid dienone is 3. The van der Waals surface area contributed by atoms with Gasteiger partial charge in [0.25, 0.3) is 0 Å². The van der Waals surface area contributed by atoms with Crippen LogP contribution in [0.3, 0.4) is 0 Å². The van der Waals surface area contributed by atoms with E-state index in [1.807, 2.05) is 6.08 Å². The van der Waals surface area contributed by atoms with Crippen LogP contribution in [0.1, 0.15) is 26.7 Å². The van der Waals surface area contributed by atoms with E-state index in [4.69, 9.17) is 5.11 Å². The maximum atomic E-state index is 10.5. The highest BCUT2D eigenvalue weighted by Gasteiger charge is 2.15. The Morgan fingerprint density at radius 3 is 2.85 bits per heavy atom. The fraction of sp³-hybridized carbons (Fsp3) is 0.545. The molecule has 0 amide bonds. The topological polar surface area (TPSA) is 37.3 Å². The average Bonchev–Trinajstić information content (AvgIpc) is 2.07. The summed E-state index contributed by atoms with van der Waals surface area (Å²) in [6.45, 7) is 4.30. The zero-order valence-electron chi connectivity index (χ0n) is 8.16. The molecule has 1 aliphatic rings. The largest absolute Gasteiger partial charge is 0.481 e. The first-order valence-electron chi connectivity index (χ1n) is 4.74. The molecule has 0 aromatic carbocycles. The maximum absolute atomic E-state index is 10.5. The van der Waals surface area contributed by atoms with Crippen molar-refractivity contribution in [2.75, 3.05) is 0 Å². The van der Waals surface area contributed by atoms with Gasteiger partial charge in [0.1, 0.15) is 0 Å². The fourth-order valence-electron chi connectivity index (χ4n) is 1.68. The van der Waals surface area contributed by atoms with Gasteiger partial charge in [-0.3, -0.25) is 4.79 Å². The molecule has 0 heterocycles. The number of carbonyl (C=O) groups is 1. The summed E-state index contributed by atoms with van der Waals surface area (Å²) in [5.41, 5.74) is 0.942. The van der Waals surface area contributed by atoms with Gasteiger partial charge in [0.2, 0.25) is 0 Å². The van der Waals surface area contributed by atoms with Crippen molar-refractivity contribution in [2.45, 2.75) is 26.7 Å². The molecule has 2 atom stereocenters. The van der Waals surface area contributed by atoms with Gasteiger partial charge in [-0.05, 0) is 23.8 Å². The molecular weight excluding hydrogens is 164 g/mol. The van der Waals surface area contributed by atoms with E-state index < -0.39 is 5.97 Å². The quantitative estimate of drug-likeness (QED) is 0.724. The van der Waals surface area contributed by atoms with E-state index in [1.54, 1.807) is 0 Å². The van der Waals surface area contributed by atoms with E-state index in [9.17, 15) is 4.79 Å². The molecule has 0 saturated heterocycles. The molecule has 0 fully saturated rings. The van der Waals surface area contributed by atoms with Crippen LogP contribution in [0.2, 0.25) is 0 Å². The van der Waals surface area contributed by atoms with Gasteiger partial charge in [0, 0.05) is 0 Å². The molecule has 0 aliphatic heterocycles. The lowest BCUT2D eigenvalue weighted by atomic mass is 9.85. The number of carboxylic acids is 1. The monoisotopic (exact) mass is 180 g/mol. The van der Waals surface area contributed by atoms with Crippen LogP contribution >= 0.6 is 0 Å². The third-order valence-corrected chi connectivity index (χ3v) is 2.54. The Kier molecular flexibility index (Phi) is 3.29. The van der Waals surface area contributed by atoms with E-state index in [0.29, 0.717) is 11.8 Å². The van der Waals surface area contributed by atoms with Crippen LogP contribution in [0.15, 0.2) is 23.8 Å². The molecule has 13 heavy (non-hydrogen) atoms. The van der Waals surface area contributed by atoms with Crippen LogP contribution in [0, 0.1) is 11.8 Å². The van der Waals surface area contributed by atoms with Gasteiger partial charge in [-0.1, -0.05) is 32.1 Å². The molecule has 0 aromatic rings. The first-order chi connectivity index (χ1) is 6.13. The van der Waals surface area contributed by atoms with Crippen molar-refractivity contribution in [3.05, 3.63) is 23.8 Å². The highest BCUT2D eigenvalue weighted by Crippen LogP contribution is 2.26. The number of rotatable bonds is 3. The van der Waals surface area contributed by atoms with Crippen LogP contribution in [-0.4, -0.2) is 11.1 Å². The Morgan fingerprint density at radius 2 is 2.31 bits per heavy atom. The van der Waals surface area contributed by atoms with Crippen molar-refractivity contribution in [1.82, 2.24) is 0 Å². The SMILES string of the molecule is CCC1C=C(CC(=O)O)C=CC1C. The second kappa shape index (κ2) is 4.26. The normalized spacial score (nSPS) is 27.1. The number of aliphatic carboxylic acids is 1. The average molecular weight is 180 g/mol. The van der Waals surface area contributed by atoms with Gasteiger partial charge < -0.3 is 5.11 Å². The van der Waals surface area contributed by atoms with Gasteiger partial charge >= 0.3 is 5.97 Å². The van der Waals surface area contributed by atoms with E-state index >= 15 is 0 Å². The van der Waals surface area contributed by atoms with Crippen molar-refractivity contribution in [2.24, 2.45) is 11.8 Å². The molecular formula is C11H16O2. The summed E-state index contributed by atoms with van der Waals surface area (Å²) >= 11 is 0. The lowest BCUT2D eigenvalue weighted by Gasteiger charge is -2.21. The van der Waals surface area contributed by atoms with Crippen LogP contribution < -0.4 is 0 Å². The second-order valence-electron chi connectivity index (χ2n) is 3.60. The van der Waals surface area contributed by atoms with Crippen molar-refractivity contribution in [3.63, 3.8) is 0 Å². The molecule has 1 aliphatic carbocycles. The van der Waals surface area contributed by atoms with E-state index in [1.165, 1.54) is 0 Å². The molecule has 0 saturated carbocycles. The van der Waals surface area contributed by atoms with E-state index in [0.717, 1.165) is 12.0 Å². The summed E-state index contributed by atoms with van der Waals surface area (Å²) < 4.78 is 0. The summed E-state index contributed by atoms with van der Waals surface area (Å²) in [4.78, 5) is 10.5. The highest BCUT2D eigenvalue weighted by molar-refractivity contribution is 5.71. The maximum Gasteiger partial charge on any atom is 0.307 e. The molecule has 1 N–H and O–H groups in total. The molecule has 2 nitrogen and oxygen atoms in total. The van der Waals surface area contributed by atoms with Gasteiger partial charge in [0.05, 0.1) is 6.42 Å². The lowest BCUT2D eigenvalue weighted by molar-refractivity contribution is -0.136. The summed E-state index contributed by atoms with van der Waals surface area (Å²) in [6.07, 6.45) is 7.37. The van der Waals surface area contributed by atoms with E-state index in [-0.39, 0.29) is 6.42 Å². The zero-order chi connectivity index (χ0) is 9.84. The van der Waals surface area contributed by atoms with Gasteiger partial charge in [-0.15, -0.1) is 0 Å². The van der Waals surface area contributed by atoms with Gasteiger partial charge in [0.15, 0.2) is 0 Å². The first kappa shape index (κ1) is 10.0. The van der Waals surface area contributed by atoms with Crippen LogP contribution in [-0.2, 0) is 4.79 Å². The Balaban J connectivity index is 2.66. The zero-order valence-corrected chi connectivity index (χ0v) is 8.16. The van der Waals surface area contributed by atoms with Crippen molar-refractivity contribution < 1.29 is 9.90 Å². The third-order valence-electron chi connectivity index (χ3n) is 2.54. The van der Waals surface area contributed by atoms with Crippen molar-refractivity contribution >= 4 is 5.97 Å². The van der Waals surface area contributed by atoms with Crippen molar-refractivity contribution in [3.8, 4) is 0 Å². The molecule has 0 spiro atoms. The van der Waals surface area contributed by atoms with Crippen LogP contribution in [0.25, 0.3) is 0 Å². The minimum atomic E-state index is -0.750. The third kappa shape index (κ3) is 2.72. The first-order valence-corrected chi connectivity index (χ1v) is 4.74. The Bertz CT molecular complexity index is 251. The van der Waals surface area contributed by atoms with Gasteiger partial charge in [-0.2, -0.15) is 0 Å².